The topological polar surface area (TPSA) is 49.4 Å². The molecule has 146 valence electrons. The Bertz CT molecular complexity index is 940. The molecule has 2 aromatic heterocycles. The number of benzene rings is 1. The van der Waals surface area contributed by atoms with Crippen LogP contribution < -0.4 is 0 Å². The second-order valence-corrected chi connectivity index (χ2v) is 13.9. The zero-order valence-corrected chi connectivity index (χ0v) is 19.4. The smallest absolute Gasteiger partial charge is 0.219 e. The Morgan fingerprint density at radius 1 is 1.26 bits per heavy atom. The summed E-state index contributed by atoms with van der Waals surface area (Å²) in [6.45, 7) is 12.0. The number of hydrogen-bond donors (Lipinski definition) is 0. The molecule has 3 rings (SSSR count). The van der Waals surface area contributed by atoms with Gasteiger partial charge in [0.25, 0.3) is 0 Å². The van der Waals surface area contributed by atoms with E-state index < -0.39 is 8.32 Å². The molecule has 0 N–H and O–H groups in total. The van der Waals surface area contributed by atoms with Gasteiger partial charge in [-0.15, -0.1) is 0 Å². The number of ether oxygens (including phenoxy) is 1. The number of nitrogens with zero attached hydrogens (tertiary/aromatic N) is 2. The summed E-state index contributed by atoms with van der Waals surface area (Å²) in [5, 5.41) is 1.24. The van der Waals surface area contributed by atoms with Gasteiger partial charge in [-0.25, -0.2) is 4.98 Å². The van der Waals surface area contributed by atoms with E-state index in [9.17, 15) is 0 Å². The van der Waals surface area contributed by atoms with Crippen molar-refractivity contribution in [3.63, 3.8) is 0 Å². The van der Waals surface area contributed by atoms with Gasteiger partial charge < -0.3 is 18.1 Å². The molecule has 0 aliphatic heterocycles. The van der Waals surface area contributed by atoms with Crippen LogP contribution in [0, 0.1) is 0 Å². The van der Waals surface area contributed by atoms with Crippen molar-refractivity contribution >= 4 is 35.2 Å². The molecule has 0 atom stereocenters. The fourth-order valence-corrected chi connectivity index (χ4v) is 4.19. The summed E-state index contributed by atoms with van der Waals surface area (Å²) in [5.74, 6) is 1.34. The van der Waals surface area contributed by atoms with E-state index in [4.69, 9.17) is 13.6 Å². The van der Waals surface area contributed by atoms with Gasteiger partial charge in [-0.05, 0) is 30.3 Å². The Balaban J connectivity index is 1.91. The first-order valence-electron chi connectivity index (χ1n) is 8.99. The zero-order valence-electron chi connectivity index (χ0n) is 16.8. The third kappa shape index (κ3) is 4.06. The summed E-state index contributed by atoms with van der Waals surface area (Å²) >= 11 is 3.66. The highest BCUT2D eigenvalue weighted by molar-refractivity contribution is 9.10. The van der Waals surface area contributed by atoms with Gasteiger partial charge in [0.15, 0.2) is 14.1 Å². The quantitative estimate of drug-likeness (QED) is 0.420. The van der Waals surface area contributed by atoms with Crippen LogP contribution in [0.3, 0.4) is 0 Å². The highest BCUT2D eigenvalue weighted by Crippen LogP contribution is 2.38. The van der Waals surface area contributed by atoms with Crippen LogP contribution in [0.5, 0.6) is 0 Å². The molecule has 27 heavy (non-hydrogen) atoms. The van der Waals surface area contributed by atoms with Gasteiger partial charge in [-0.3, -0.25) is 0 Å². The molecule has 3 aromatic rings. The number of aromatic nitrogens is 2. The third-order valence-corrected chi connectivity index (χ3v) is 10.4. The Morgan fingerprint density at radius 2 is 2.00 bits per heavy atom. The standard InChI is InChI=1S/C20H27BrN2O3Si/c1-20(2,3)27(5,6)25-12-18-22-10-17(26-18)14-11-23(13-24-4)16-9-7-8-15(21)19(14)16/h7-11H,12-13H2,1-6H3. The van der Waals surface area contributed by atoms with Crippen LogP contribution in [0.15, 0.2) is 39.5 Å². The van der Waals surface area contributed by atoms with Crippen LogP contribution in [0.25, 0.3) is 22.2 Å². The molecule has 1 aromatic carbocycles. The molecule has 5 nitrogen and oxygen atoms in total. The molecular weight excluding hydrogens is 424 g/mol. The van der Waals surface area contributed by atoms with E-state index in [0.29, 0.717) is 19.2 Å². The number of methoxy groups -OCH3 is 1. The predicted molar refractivity (Wildman–Crippen MR) is 114 cm³/mol. The molecule has 0 saturated carbocycles. The summed E-state index contributed by atoms with van der Waals surface area (Å²) in [7, 11) is -0.156. The lowest BCUT2D eigenvalue weighted by molar-refractivity contribution is 0.135. The normalized spacial score (nSPS) is 12.9. The van der Waals surface area contributed by atoms with Crippen molar-refractivity contribution in [2.24, 2.45) is 0 Å². The number of fused-ring (bicyclic) bond motifs is 1. The van der Waals surface area contributed by atoms with Gasteiger partial charge in [0.05, 0.1) is 11.7 Å². The van der Waals surface area contributed by atoms with Crippen molar-refractivity contribution in [2.45, 2.75) is 52.2 Å². The fraction of sp³-hybridized carbons (Fsp3) is 0.450. The van der Waals surface area contributed by atoms with Crippen molar-refractivity contribution in [3.8, 4) is 11.3 Å². The summed E-state index contributed by atoms with van der Waals surface area (Å²) in [6.07, 6.45) is 3.81. The lowest BCUT2D eigenvalue weighted by Crippen LogP contribution is -2.40. The highest BCUT2D eigenvalue weighted by Gasteiger charge is 2.37. The lowest BCUT2D eigenvalue weighted by Gasteiger charge is -2.35. The van der Waals surface area contributed by atoms with E-state index in [1.807, 2.05) is 18.3 Å². The second-order valence-electron chi connectivity index (χ2n) is 8.23. The van der Waals surface area contributed by atoms with Crippen LogP contribution in [-0.4, -0.2) is 25.0 Å². The van der Waals surface area contributed by atoms with E-state index in [1.54, 1.807) is 13.3 Å². The largest absolute Gasteiger partial charge is 0.438 e. The van der Waals surface area contributed by atoms with Gasteiger partial charge in [0.1, 0.15) is 13.3 Å². The van der Waals surface area contributed by atoms with Crippen molar-refractivity contribution in [3.05, 3.63) is 41.0 Å². The zero-order chi connectivity index (χ0) is 19.8. The molecule has 0 radical (unpaired) electrons. The monoisotopic (exact) mass is 450 g/mol. The third-order valence-electron chi connectivity index (χ3n) is 5.31. The van der Waals surface area contributed by atoms with Crippen LogP contribution in [0.4, 0.5) is 0 Å². The predicted octanol–water partition coefficient (Wildman–Crippen LogP) is 6.18. The first kappa shape index (κ1) is 20.3. The van der Waals surface area contributed by atoms with Gasteiger partial charge in [0.2, 0.25) is 5.89 Å². The van der Waals surface area contributed by atoms with Crippen molar-refractivity contribution in [2.75, 3.05) is 7.11 Å². The first-order valence-corrected chi connectivity index (χ1v) is 12.7. The fourth-order valence-electron chi connectivity index (χ4n) is 2.70. The maximum Gasteiger partial charge on any atom is 0.219 e. The summed E-state index contributed by atoms with van der Waals surface area (Å²) in [5.41, 5.74) is 2.07. The van der Waals surface area contributed by atoms with E-state index in [2.05, 4.69) is 65.4 Å². The lowest BCUT2D eigenvalue weighted by atomic mass is 10.1. The summed E-state index contributed by atoms with van der Waals surface area (Å²) in [4.78, 5) is 4.44. The van der Waals surface area contributed by atoms with Crippen molar-refractivity contribution < 1.29 is 13.6 Å². The van der Waals surface area contributed by atoms with Crippen molar-refractivity contribution in [1.82, 2.24) is 9.55 Å². The maximum absolute atomic E-state index is 6.23. The molecular formula is C20H27BrN2O3Si. The van der Waals surface area contributed by atoms with Crippen LogP contribution in [-0.2, 0) is 22.5 Å². The van der Waals surface area contributed by atoms with Gasteiger partial charge >= 0.3 is 0 Å². The van der Waals surface area contributed by atoms with E-state index >= 15 is 0 Å². The van der Waals surface area contributed by atoms with Gasteiger partial charge in [-0.1, -0.05) is 42.8 Å². The average Bonchev–Trinajstić information content (AvgIpc) is 3.18. The van der Waals surface area contributed by atoms with Crippen LogP contribution in [0.2, 0.25) is 18.1 Å². The minimum atomic E-state index is -1.85. The minimum absolute atomic E-state index is 0.154. The number of rotatable bonds is 6. The van der Waals surface area contributed by atoms with E-state index in [1.165, 1.54) is 0 Å². The molecule has 0 unspecified atom stereocenters. The highest BCUT2D eigenvalue weighted by atomic mass is 79.9. The summed E-state index contributed by atoms with van der Waals surface area (Å²) in [6, 6.07) is 6.11. The average molecular weight is 451 g/mol. The Kier molecular flexibility index (Phi) is 5.68. The minimum Gasteiger partial charge on any atom is -0.438 e. The molecule has 0 aliphatic carbocycles. The first-order chi connectivity index (χ1) is 12.6. The molecule has 0 amide bonds. The van der Waals surface area contributed by atoms with Crippen molar-refractivity contribution in [1.29, 1.82) is 0 Å². The molecule has 0 aliphatic rings. The Morgan fingerprint density at radius 3 is 2.67 bits per heavy atom. The molecule has 0 fully saturated rings. The van der Waals surface area contributed by atoms with E-state index in [-0.39, 0.29) is 5.04 Å². The maximum atomic E-state index is 6.23. The molecule has 7 heteroatoms. The molecule has 2 heterocycles. The second kappa shape index (κ2) is 7.54. The molecule has 0 spiro atoms. The van der Waals surface area contributed by atoms with E-state index in [0.717, 1.165) is 26.7 Å². The molecule has 0 bridgehead atoms. The number of halogens is 1. The number of hydrogen-bond acceptors (Lipinski definition) is 4. The number of oxazole rings is 1. The Labute approximate surface area is 169 Å². The Hall–Kier alpha value is -1.41. The SMILES string of the molecule is COCn1cc(-c2cnc(CO[Si](C)(C)C(C)(C)C)o2)c2c(Br)cccc21. The van der Waals surface area contributed by atoms with Crippen LogP contribution >= 0.6 is 15.9 Å². The van der Waals surface area contributed by atoms with Gasteiger partial charge in [0, 0.05) is 28.7 Å². The molecule has 0 saturated heterocycles. The van der Waals surface area contributed by atoms with Gasteiger partial charge in [-0.2, -0.15) is 0 Å². The van der Waals surface area contributed by atoms with Crippen LogP contribution in [0.1, 0.15) is 26.7 Å². The summed E-state index contributed by atoms with van der Waals surface area (Å²) < 4.78 is 20.7.